The maximum Gasteiger partial charge on any atom is 0.256 e. The molecule has 1 amide bonds. The zero-order valence-electron chi connectivity index (χ0n) is 11.7. The molecular formula is C14H21N3O2. The Morgan fingerprint density at radius 2 is 2.42 bits per heavy atom. The van der Waals surface area contributed by atoms with Gasteiger partial charge >= 0.3 is 0 Å². The zero-order valence-corrected chi connectivity index (χ0v) is 11.7. The molecule has 5 nitrogen and oxygen atoms in total. The number of rotatable bonds is 4. The molecule has 0 bridgehead atoms. The predicted octanol–water partition coefficient (Wildman–Crippen LogP) is 1.76. The first-order valence-corrected chi connectivity index (χ1v) is 6.71. The van der Waals surface area contributed by atoms with Gasteiger partial charge in [0, 0.05) is 26.4 Å². The number of amides is 1. The molecule has 0 saturated carbocycles. The summed E-state index contributed by atoms with van der Waals surface area (Å²) < 4.78 is 5.53. The Balaban J connectivity index is 2.19. The standard InChI is InChI=1S/C14H21N3O2/c1-4-16-12-9-15-7-5-11(12)14(18)17(3)13-6-8-19-10(13)2/h5,7,9-10,13,16H,4,6,8H2,1-3H3. The quantitative estimate of drug-likeness (QED) is 0.899. The number of likely N-dealkylation sites (N-methyl/N-ethyl adjacent to an activating group) is 1. The highest BCUT2D eigenvalue weighted by Gasteiger charge is 2.31. The van der Waals surface area contributed by atoms with E-state index in [9.17, 15) is 4.79 Å². The van der Waals surface area contributed by atoms with Gasteiger partial charge in [0.2, 0.25) is 0 Å². The molecule has 0 radical (unpaired) electrons. The minimum absolute atomic E-state index is 0.0145. The largest absolute Gasteiger partial charge is 0.383 e. The lowest BCUT2D eigenvalue weighted by Crippen LogP contribution is -2.41. The van der Waals surface area contributed by atoms with Crippen LogP contribution in [-0.4, -0.2) is 48.1 Å². The highest BCUT2D eigenvalue weighted by atomic mass is 16.5. The Morgan fingerprint density at radius 1 is 1.63 bits per heavy atom. The van der Waals surface area contributed by atoms with Gasteiger partial charge in [0.15, 0.2) is 0 Å². The molecule has 1 aromatic rings. The van der Waals surface area contributed by atoms with Gasteiger partial charge in [-0.25, -0.2) is 0 Å². The van der Waals surface area contributed by atoms with Crippen molar-refractivity contribution in [2.75, 3.05) is 25.5 Å². The summed E-state index contributed by atoms with van der Waals surface area (Å²) in [7, 11) is 1.84. The van der Waals surface area contributed by atoms with Gasteiger partial charge in [-0.15, -0.1) is 0 Å². The van der Waals surface area contributed by atoms with Gasteiger partial charge in [-0.3, -0.25) is 9.78 Å². The average molecular weight is 263 g/mol. The van der Waals surface area contributed by atoms with Gasteiger partial charge in [-0.1, -0.05) is 0 Å². The number of ether oxygens (including phenoxy) is 1. The zero-order chi connectivity index (χ0) is 13.8. The van der Waals surface area contributed by atoms with E-state index in [-0.39, 0.29) is 18.1 Å². The lowest BCUT2D eigenvalue weighted by Gasteiger charge is -2.27. The Bertz CT molecular complexity index is 450. The molecule has 2 heterocycles. The minimum Gasteiger partial charge on any atom is -0.383 e. The number of hydrogen-bond donors (Lipinski definition) is 1. The van der Waals surface area contributed by atoms with Gasteiger partial charge in [0.1, 0.15) is 0 Å². The molecule has 19 heavy (non-hydrogen) atoms. The molecule has 5 heteroatoms. The van der Waals surface area contributed by atoms with Crippen LogP contribution < -0.4 is 5.32 Å². The van der Waals surface area contributed by atoms with Crippen molar-refractivity contribution in [1.82, 2.24) is 9.88 Å². The predicted molar refractivity (Wildman–Crippen MR) is 74.3 cm³/mol. The highest BCUT2D eigenvalue weighted by molar-refractivity contribution is 5.99. The lowest BCUT2D eigenvalue weighted by molar-refractivity contribution is 0.0575. The van der Waals surface area contributed by atoms with Crippen LogP contribution in [0.4, 0.5) is 5.69 Å². The number of pyridine rings is 1. The summed E-state index contributed by atoms with van der Waals surface area (Å²) in [6.45, 7) is 5.50. The van der Waals surface area contributed by atoms with E-state index in [0.717, 1.165) is 25.3 Å². The molecule has 1 aliphatic rings. The normalized spacial score (nSPS) is 22.3. The molecule has 1 saturated heterocycles. The second-order valence-electron chi connectivity index (χ2n) is 4.80. The first-order valence-electron chi connectivity index (χ1n) is 6.71. The first kappa shape index (κ1) is 13.8. The average Bonchev–Trinajstić information content (AvgIpc) is 2.84. The van der Waals surface area contributed by atoms with Gasteiger partial charge in [0.05, 0.1) is 29.6 Å². The van der Waals surface area contributed by atoms with Crippen LogP contribution >= 0.6 is 0 Å². The van der Waals surface area contributed by atoms with Crippen LogP contribution in [-0.2, 0) is 4.74 Å². The lowest BCUT2D eigenvalue weighted by atomic mass is 10.1. The molecule has 1 aliphatic heterocycles. The summed E-state index contributed by atoms with van der Waals surface area (Å²) in [5.74, 6) is 0.0145. The molecule has 2 rings (SSSR count). The van der Waals surface area contributed by atoms with Crippen molar-refractivity contribution in [1.29, 1.82) is 0 Å². The van der Waals surface area contributed by atoms with Crippen molar-refractivity contribution in [2.45, 2.75) is 32.4 Å². The van der Waals surface area contributed by atoms with Gasteiger partial charge in [-0.2, -0.15) is 0 Å². The van der Waals surface area contributed by atoms with Crippen LogP contribution in [0.3, 0.4) is 0 Å². The second-order valence-corrected chi connectivity index (χ2v) is 4.80. The third-order valence-corrected chi connectivity index (χ3v) is 3.57. The number of nitrogens with zero attached hydrogens (tertiary/aromatic N) is 2. The van der Waals surface area contributed by atoms with Crippen molar-refractivity contribution in [3.05, 3.63) is 24.0 Å². The van der Waals surface area contributed by atoms with E-state index in [1.807, 2.05) is 20.9 Å². The molecule has 1 N–H and O–H groups in total. The molecule has 104 valence electrons. The molecule has 2 atom stereocenters. The number of carbonyl (C=O) groups is 1. The van der Waals surface area contributed by atoms with Gasteiger partial charge < -0.3 is 15.0 Å². The van der Waals surface area contributed by atoms with E-state index in [0.29, 0.717) is 5.56 Å². The van der Waals surface area contributed by atoms with E-state index < -0.39 is 0 Å². The molecule has 0 aromatic carbocycles. The van der Waals surface area contributed by atoms with Crippen LogP contribution in [0, 0.1) is 0 Å². The topological polar surface area (TPSA) is 54.5 Å². The summed E-state index contributed by atoms with van der Waals surface area (Å²) >= 11 is 0. The molecule has 0 spiro atoms. The summed E-state index contributed by atoms with van der Waals surface area (Å²) in [5, 5.41) is 3.17. The second kappa shape index (κ2) is 6.02. The number of nitrogens with one attached hydrogen (secondary N) is 1. The van der Waals surface area contributed by atoms with Crippen molar-refractivity contribution in [3.63, 3.8) is 0 Å². The Hall–Kier alpha value is -1.62. The van der Waals surface area contributed by atoms with Crippen LogP contribution in [0.25, 0.3) is 0 Å². The van der Waals surface area contributed by atoms with E-state index >= 15 is 0 Å². The highest BCUT2D eigenvalue weighted by Crippen LogP contribution is 2.22. The molecule has 2 unspecified atom stereocenters. The number of carbonyl (C=O) groups excluding carboxylic acids is 1. The van der Waals surface area contributed by atoms with Crippen molar-refractivity contribution in [3.8, 4) is 0 Å². The van der Waals surface area contributed by atoms with Gasteiger partial charge in [-0.05, 0) is 26.3 Å². The van der Waals surface area contributed by atoms with E-state index in [1.165, 1.54) is 0 Å². The van der Waals surface area contributed by atoms with Crippen molar-refractivity contribution >= 4 is 11.6 Å². The maximum atomic E-state index is 12.6. The Morgan fingerprint density at radius 3 is 3.05 bits per heavy atom. The summed E-state index contributed by atoms with van der Waals surface area (Å²) in [6.07, 6.45) is 4.33. The third-order valence-electron chi connectivity index (χ3n) is 3.57. The summed E-state index contributed by atoms with van der Waals surface area (Å²) in [4.78, 5) is 18.4. The smallest absolute Gasteiger partial charge is 0.256 e. The van der Waals surface area contributed by atoms with Gasteiger partial charge in [0.25, 0.3) is 5.91 Å². The summed E-state index contributed by atoms with van der Waals surface area (Å²) in [5.41, 5.74) is 1.45. The van der Waals surface area contributed by atoms with Crippen molar-refractivity contribution < 1.29 is 9.53 Å². The van der Waals surface area contributed by atoms with Crippen LogP contribution in [0.1, 0.15) is 30.6 Å². The van der Waals surface area contributed by atoms with E-state index in [2.05, 4.69) is 10.3 Å². The molecular weight excluding hydrogens is 242 g/mol. The first-order chi connectivity index (χ1) is 9.15. The van der Waals surface area contributed by atoms with Crippen LogP contribution in [0.15, 0.2) is 18.5 Å². The third kappa shape index (κ3) is 2.87. The van der Waals surface area contributed by atoms with Crippen molar-refractivity contribution in [2.24, 2.45) is 0 Å². The fourth-order valence-electron chi connectivity index (χ4n) is 2.48. The van der Waals surface area contributed by atoms with Crippen LogP contribution in [0.5, 0.6) is 0 Å². The summed E-state index contributed by atoms with van der Waals surface area (Å²) in [6, 6.07) is 1.91. The fourth-order valence-corrected chi connectivity index (χ4v) is 2.48. The number of anilines is 1. The van der Waals surface area contributed by atoms with Crippen LogP contribution in [0.2, 0.25) is 0 Å². The monoisotopic (exact) mass is 263 g/mol. The SMILES string of the molecule is CCNc1cnccc1C(=O)N(C)C1CCOC1C. The molecule has 0 aliphatic carbocycles. The number of aromatic nitrogens is 1. The number of hydrogen-bond acceptors (Lipinski definition) is 4. The van der Waals surface area contributed by atoms with E-state index in [1.54, 1.807) is 23.4 Å². The molecule has 1 aromatic heterocycles. The maximum absolute atomic E-state index is 12.6. The molecule has 1 fully saturated rings. The Labute approximate surface area is 114 Å². The van der Waals surface area contributed by atoms with E-state index in [4.69, 9.17) is 4.74 Å². The fraction of sp³-hybridized carbons (Fsp3) is 0.571. The minimum atomic E-state index is 0.0145. The Kier molecular flexibility index (Phi) is 4.37.